The maximum absolute atomic E-state index is 13.4. The third-order valence-electron chi connectivity index (χ3n) is 2.99. The predicted octanol–water partition coefficient (Wildman–Crippen LogP) is 2.71. The van der Waals surface area contributed by atoms with Crippen molar-refractivity contribution in [1.29, 1.82) is 0 Å². The Kier molecular flexibility index (Phi) is 4.36. The molecule has 0 aromatic heterocycles. The van der Waals surface area contributed by atoms with Gasteiger partial charge < -0.3 is 0 Å². The van der Waals surface area contributed by atoms with Crippen molar-refractivity contribution in [3.8, 4) is 0 Å². The van der Waals surface area contributed by atoms with Crippen molar-refractivity contribution in [2.45, 2.75) is 17.4 Å². The minimum atomic E-state index is -3.60. The van der Waals surface area contributed by atoms with Crippen LogP contribution in [0.5, 0.6) is 0 Å². The molecule has 3 nitrogen and oxygen atoms in total. The monoisotopic (exact) mass is 353 g/mol. The minimum absolute atomic E-state index is 0.00241. The van der Waals surface area contributed by atoms with Crippen LogP contribution in [0.25, 0.3) is 0 Å². The highest BCUT2D eigenvalue weighted by Crippen LogP contribution is 2.27. The van der Waals surface area contributed by atoms with Gasteiger partial charge in [0, 0.05) is 18.8 Å². The molecule has 0 saturated carbocycles. The first-order valence-electron chi connectivity index (χ1n) is 5.44. The molecule has 2 rings (SSSR count). The second-order valence-corrected chi connectivity index (χ2v) is 8.12. The van der Waals surface area contributed by atoms with Crippen molar-refractivity contribution in [2.24, 2.45) is 0 Å². The smallest absolute Gasteiger partial charge is 0.207 e. The van der Waals surface area contributed by atoms with Crippen LogP contribution >= 0.6 is 27.7 Å². The Hall–Kier alpha value is -0.110. The van der Waals surface area contributed by atoms with Crippen LogP contribution in [-0.4, -0.2) is 37.3 Å². The zero-order valence-electron chi connectivity index (χ0n) is 9.77. The summed E-state index contributed by atoms with van der Waals surface area (Å²) in [6.07, 6.45) is 0.847. The molecule has 1 fully saturated rings. The highest BCUT2D eigenvalue weighted by Gasteiger charge is 2.30. The number of nitrogens with zero attached hydrogens (tertiary/aromatic N) is 1. The van der Waals surface area contributed by atoms with Gasteiger partial charge in [0.05, 0.1) is 9.37 Å². The fraction of sp³-hybridized carbons (Fsp3) is 0.455. The summed E-state index contributed by atoms with van der Waals surface area (Å²) in [6, 6.07) is 3.89. The number of thioether (sulfide) groups is 1. The van der Waals surface area contributed by atoms with E-state index < -0.39 is 15.8 Å². The van der Waals surface area contributed by atoms with Crippen molar-refractivity contribution in [1.82, 2.24) is 4.31 Å². The lowest BCUT2D eigenvalue weighted by molar-refractivity contribution is 0.394. The van der Waals surface area contributed by atoms with Crippen molar-refractivity contribution in [2.75, 3.05) is 18.6 Å². The molecule has 0 spiro atoms. The third-order valence-corrected chi connectivity index (χ3v) is 6.68. The Morgan fingerprint density at radius 1 is 1.50 bits per heavy atom. The van der Waals surface area contributed by atoms with Crippen molar-refractivity contribution >= 4 is 37.7 Å². The number of rotatable bonds is 3. The van der Waals surface area contributed by atoms with Gasteiger partial charge in [0.15, 0.2) is 0 Å². The van der Waals surface area contributed by atoms with E-state index in [1.54, 1.807) is 18.8 Å². The van der Waals surface area contributed by atoms with Crippen LogP contribution in [0, 0.1) is 5.82 Å². The van der Waals surface area contributed by atoms with Crippen LogP contribution < -0.4 is 0 Å². The van der Waals surface area contributed by atoms with Crippen LogP contribution in [0.4, 0.5) is 4.39 Å². The van der Waals surface area contributed by atoms with Gasteiger partial charge in [-0.05, 0) is 46.3 Å². The highest BCUT2D eigenvalue weighted by atomic mass is 79.9. The van der Waals surface area contributed by atoms with Crippen LogP contribution in [0.3, 0.4) is 0 Å². The van der Waals surface area contributed by atoms with Gasteiger partial charge in [-0.3, -0.25) is 0 Å². The summed E-state index contributed by atoms with van der Waals surface area (Å²) in [6.45, 7) is 0. The van der Waals surface area contributed by atoms with Crippen LogP contribution in [0.2, 0.25) is 0 Å². The molecule has 0 amide bonds. The second-order valence-electron chi connectivity index (χ2n) is 4.11. The first-order valence-corrected chi connectivity index (χ1v) is 8.82. The molecule has 1 aromatic carbocycles. The molecule has 1 saturated heterocycles. The molecule has 1 unspecified atom stereocenters. The number of sulfonamides is 1. The van der Waals surface area contributed by atoms with Gasteiger partial charge in [-0.25, -0.2) is 12.8 Å². The predicted molar refractivity (Wildman–Crippen MR) is 74.8 cm³/mol. The van der Waals surface area contributed by atoms with E-state index in [1.165, 1.54) is 16.4 Å². The maximum Gasteiger partial charge on any atom is 0.243 e. The summed E-state index contributed by atoms with van der Waals surface area (Å²) >= 11 is 4.75. The average Bonchev–Trinajstić information content (AvgIpc) is 2.85. The Bertz CT molecular complexity index is 544. The van der Waals surface area contributed by atoms with Crippen LogP contribution in [0.15, 0.2) is 27.6 Å². The fourth-order valence-electron chi connectivity index (χ4n) is 1.81. The van der Waals surface area contributed by atoms with Gasteiger partial charge in [0.1, 0.15) is 5.82 Å². The molecule has 0 bridgehead atoms. The summed E-state index contributed by atoms with van der Waals surface area (Å²) in [5.74, 6) is 1.21. The summed E-state index contributed by atoms with van der Waals surface area (Å²) in [5, 5.41) is 0. The molecule has 1 aliphatic heterocycles. The number of hydrogen-bond acceptors (Lipinski definition) is 3. The zero-order chi connectivity index (χ0) is 13.3. The number of hydrogen-bond donors (Lipinski definition) is 0. The van der Waals surface area contributed by atoms with Gasteiger partial charge in [0.2, 0.25) is 10.0 Å². The molecule has 0 aliphatic carbocycles. The average molecular weight is 354 g/mol. The summed E-state index contributed by atoms with van der Waals surface area (Å²) in [4.78, 5) is 0.00241. The zero-order valence-corrected chi connectivity index (χ0v) is 13.0. The number of benzene rings is 1. The quantitative estimate of drug-likeness (QED) is 0.838. The molecule has 1 aromatic rings. The lowest BCUT2D eigenvalue weighted by Crippen LogP contribution is -2.36. The first kappa shape index (κ1) is 14.3. The largest absolute Gasteiger partial charge is 0.243 e. The van der Waals surface area contributed by atoms with Gasteiger partial charge >= 0.3 is 0 Å². The first-order chi connectivity index (χ1) is 8.43. The topological polar surface area (TPSA) is 37.4 Å². The molecule has 1 heterocycles. The van der Waals surface area contributed by atoms with Crippen molar-refractivity contribution < 1.29 is 12.8 Å². The summed E-state index contributed by atoms with van der Waals surface area (Å²) in [5.41, 5.74) is 0. The van der Waals surface area contributed by atoms with Crippen molar-refractivity contribution in [3.63, 3.8) is 0 Å². The molecular weight excluding hydrogens is 341 g/mol. The van der Waals surface area contributed by atoms with E-state index in [1.807, 2.05) is 0 Å². The summed E-state index contributed by atoms with van der Waals surface area (Å²) in [7, 11) is -2.04. The molecule has 0 radical (unpaired) electrons. The Morgan fingerprint density at radius 2 is 2.22 bits per heavy atom. The fourth-order valence-corrected chi connectivity index (χ4v) is 4.81. The highest BCUT2D eigenvalue weighted by molar-refractivity contribution is 9.10. The van der Waals surface area contributed by atoms with Crippen LogP contribution in [0.1, 0.15) is 6.42 Å². The number of halogens is 2. The molecule has 100 valence electrons. The van der Waals surface area contributed by atoms with E-state index in [-0.39, 0.29) is 15.4 Å². The van der Waals surface area contributed by atoms with E-state index in [0.29, 0.717) is 0 Å². The molecule has 0 N–H and O–H groups in total. The maximum atomic E-state index is 13.4. The van der Waals surface area contributed by atoms with E-state index in [4.69, 9.17) is 0 Å². The molecule has 7 heteroatoms. The Balaban J connectivity index is 2.32. The minimum Gasteiger partial charge on any atom is -0.207 e. The van der Waals surface area contributed by atoms with E-state index in [0.717, 1.165) is 24.0 Å². The van der Waals surface area contributed by atoms with Gasteiger partial charge in [-0.1, -0.05) is 0 Å². The van der Waals surface area contributed by atoms with Crippen molar-refractivity contribution in [3.05, 3.63) is 28.5 Å². The molecular formula is C11H13BrFNO2S2. The Morgan fingerprint density at radius 3 is 2.78 bits per heavy atom. The van der Waals surface area contributed by atoms with E-state index >= 15 is 0 Å². The SMILES string of the molecule is CN(C1CCSC1)S(=O)(=O)c1ccc(Br)c(F)c1. The standard InChI is InChI=1S/C11H13BrFNO2S2/c1-14(8-4-5-17-7-8)18(15,16)9-2-3-10(12)11(13)6-9/h2-3,6,8H,4-5,7H2,1H3. The summed E-state index contributed by atoms with van der Waals surface area (Å²) < 4.78 is 39.7. The van der Waals surface area contributed by atoms with Gasteiger partial charge in [-0.15, -0.1) is 0 Å². The molecule has 18 heavy (non-hydrogen) atoms. The van der Waals surface area contributed by atoms with Gasteiger partial charge in [0.25, 0.3) is 0 Å². The molecule has 1 atom stereocenters. The van der Waals surface area contributed by atoms with E-state index in [2.05, 4.69) is 15.9 Å². The Labute approximate surface area is 119 Å². The third kappa shape index (κ3) is 2.74. The van der Waals surface area contributed by atoms with Gasteiger partial charge in [-0.2, -0.15) is 16.1 Å². The lowest BCUT2D eigenvalue weighted by Gasteiger charge is -2.23. The lowest BCUT2D eigenvalue weighted by atomic mass is 10.3. The van der Waals surface area contributed by atoms with E-state index in [9.17, 15) is 12.8 Å². The molecule has 1 aliphatic rings. The second kappa shape index (κ2) is 5.48. The normalized spacial score (nSPS) is 20.6. The van der Waals surface area contributed by atoms with Crippen LogP contribution in [-0.2, 0) is 10.0 Å².